The van der Waals surface area contributed by atoms with E-state index in [9.17, 15) is 0 Å². The van der Waals surface area contributed by atoms with Crippen LogP contribution in [0.2, 0.25) is 5.02 Å². The molecule has 1 aliphatic rings. The summed E-state index contributed by atoms with van der Waals surface area (Å²) in [6.45, 7) is 4.43. The van der Waals surface area contributed by atoms with Gasteiger partial charge in [0.2, 0.25) is 0 Å². The van der Waals surface area contributed by atoms with Crippen LogP contribution in [0.3, 0.4) is 0 Å². The Morgan fingerprint density at radius 2 is 2.27 bits per heavy atom. The van der Waals surface area contributed by atoms with Crippen LogP contribution >= 0.6 is 39.3 Å². The van der Waals surface area contributed by atoms with E-state index < -0.39 is 0 Å². The van der Waals surface area contributed by atoms with Crippen molar-refractivity contribution in [2.24, 2.45) is 0 Å². The Morgan fingerprint density at radius 3 is 2.87 bits per heavy atom. The summed E-state index contributed by atoms with van der Waals surface area (Å²) in [6, 6.07) is 6.00. The molecule has 0 bridgehead atoms. The fourth-order valence-electron chi connectivity index (χ4n) is 1.61. The number of hydrogen-bond acceptors (Lipinski definition) is 2. The number of rotatable bonds is 1. The molecule has 0 radical (unpaired) electrons. The summed E-state index contributed by atoms with van der Waals surface area (Å²) < 4.78 is 1.08. The largest absolute Gasteiger partial charge is 0.296 e. The van der Waals surface area contributed by atoms with Gasteiger partial charge in [-0.1, -0.05) is 27.5 Å². The SMILES string of the molecule is CC1(C)CSC(c2cc(Br)ccc2Cl)N1. The molecule has 1 unspecified atom stereocenters. The molecule has 1 fully saturated rings. The van der Waals surface area contributed by atoms with E-state index in [0.29, 0.717) is 5.37 Å². The monoisotopic (exact) mass is 305 g/mol. The van der Waals surface area contributed by atoms with E-state index >= 15 is 0 Å². The molecular formula is C11H13BrClNS. The van der Waals surface area contributed by atoms with Gasteiger partial charge in [-0.05, 0) is 37.6 Å². The summed E-state index contributed by atoms with van der Waals surface area (Å²) in [5.74, 6) is 1.11. The molecule has 1 saturated heterocycles. The third kappa shape index (κ3) is 2.70. The Labute approximate surface area is 108 Å². The quantitative estimate of drug-likeness (QED) is 0.834. The van der Waals surface area contributed by atoms with E-state index in [4.69, 9.17) is 11.6 Å². The average molecular weight is 307 g/mol. The minimum Gasteiger partial charge on any atom is -0.296 e. The zero-order valence-electron chi connectivity index (χ0n) is 8.68. The maximum absolute atomic E-state index is 6.20. The summed E-state index contributed by atoms with van der Waals surface area (Å²) >= 11 is 11.6. The lowest BCUT2D eigenvalue weighted by atomic mass is 10.1. The van der Waals surface area contributed by atoms with Gasteiger partial charge >= 0.3 is 0 Å². The number of hydrogen-bond donors (Lipinski definition) is 1. The highest BCUT2D eigenvalue weighted by atomic mass is 79.9. The average Bonchev–Trinajstić information content (AvgIpc) is 2.50. The molecule has 0 aliphatic carbocycles. The van der Waals surface area contributed by atoms with Crippen LogP contribution in [0.15, 0.2) is 22.7 Å². The van der Waals surface area contributed by atoms with Gasteiger partial charge in [-0.2, -0.15) is 0 Å². The van der Waals surface area contributed by atoms with Crippen LogP contribution < -0.4 is 5.32 Å². The molecule has 0 aromatic heterocycles. The standard InChI is InChI=1S/C11H13BrClNS/c1-11(2)6-15-10(14-11)8-5-7(12)3-4-9(8)13/h3-5,10,14H,6H2,1-2H3. The van der Waals surface area contributed by atoms with Crippen molar-refractivity contribution in [2.75, 3.05) is 5.75 Å². The Hall–Kier alpha value is 0.300. The van der Waals surface area contributed by atoms with Gasteiger partial charge in [0.25, 0.3) is 0 Å². The summed E-state index contributed by atoms with van der Waals surface area (Å²) in [4.78, 5) is 0. The van der Waals surface area contributed by atoms with Crippen molar-refractivity contribution in [1.82, 2.24) is 5.32 Å². The van der Waals surface area contributed by atoms with Crippen molar-refractivity contribution in [3.63, 3.8) is 0 Å². The fourth-order valence-corrected chi connectivity index (χ4v) is 3.73. The highest BCUT2D eigenvalue weighted by molar-refractivity contribution is 9.10. The predicted octanol–water partition coefficient (Wildman–Crippen LogP) is 4.22. The Morgan fingerprint density at radius 1 is 1.53 bits per heavy atom. The third-order valence-corrected chi connectivity index (χ3v) is 4.80. The van der Waals surface area contributed by atoms with Crippen molar-refractivity contribution >= 4 is 39.3 Å². The van der Waals surface area contributed by atoms with Crippen LogP contribution in [-0.4, -0.2) is 11.3 Å². The predicted molar refractivity (Wildman–Crippen MR) is 71.6 cm³/mol. The molecule has 1 aliphatic heterocycles. The minimum absolute atomic E-state index is 0.195. The van der Waals surface area contributed by atoms with E-state index in [1.165, 1.54) is 5.56 Å². The zero-order chi connectivity index (χ0) is 11.1. The summed E-state index contributed by atoms with van der Waals surface area (Å²) in [5, 5.41) is 4.72. The number of halogens is 2. The topological polar surface area (TPSA) is 12.0 Å². The normalized spacial score (nSPS) is 24.4. The van der Waals surface area contributed by atoms with E-state index in [2.05, 4.69) is 41.2 Å². The Kier molecular flexibility index (Phi) is 3.36. The third-order valence-electron chi connectivity index (χ3n) is 2.37. The van der Waals surface area contributed by atoms with Gasteiger partial charge in [0, 0.05) is 20.8 Å². The Balaban J connectivity index is 2.27. The first-order valence-electron chi connectivity index (χ1n) is 4.82. The molecule has 0 amide bonds. The number of nitrogens with one attached hydrogen (secondary N) is 1. The van der Waals surface area contributed by atoms with Crippen molar-refractivity contribution in [2.45, 2.75) is 24.8 Å². The van der Waals surface area contributed by atoms with Crippen LogP contribution in [0, 0.1) is 0 Å². The first kappa shape index (κ1) is 11.8. The molecule has 2 rings (SSSR count). The Bertz CT molecular complexity index is 381. The number of benzene rings is 1. The highest BCUT2D eigenvalue weighted by Gasteiger charge is 2.32. The van der Waals surface area contributed by atoms with Gasteiger partial charge in [0.1, 0.15) is 0 Å². The molecule has 1 nitrogen and oxygen atoms in total. The van der Waals surface area contributed by atoms with Crippen LogP contribution in [0.25, 0.3) is 0 Å². The van der Waals surface area contributed by atoms with Crippen molar-refractivity contribution in [1.29, 1.82) is 0 Å². The van der Waals surface area contributed by atoms with Gasteiger partial charge in [0.05, 0.1) is 5.37 Å². The molecule has 1 atom stereocenters. The molecular weight excluding hydrogens is 294 g/mol. The molecule has 15 heavy (non-hydrogen) atoms. The number of thioether (sulfide) groups is 1. The second-order valence-electron chi connectivity index (χ2n) is 4.39. The van der Waals surface area contributed by atoms with Gasteiger partial charge in [0.15, 0.2) is 0 Å². The molecule has 82 valence electrons. The van der Waals surface area contributed by atoms with Gasteiger partial charge in [-0.3, -0.25) is 5.32 Å². The first-order valence-corrected chi connectivity index (χ1v) is 7.04. The van der Waals surface area contributed by atoms with E-state index in [0.717, 1.165) is 15.2 Å². The van der Waals surface area contributed by atoms with Crippen LogP contribution in [-0.2, 0) is 0 Å². The van der Waals surface area contributed by atoms with Crippen LogP contribution in [0.4, 0.5) is 0 Å². The van der Waals surface area contributed by atoms with E-state index in [1.807, 2.05) is 23.9 Å². The van der Waals surface area contributed by atoms with Gasteiger partial charge in [-0.25, -0.2) is 0 Å². The molecule has 1 N–H and O–H groups in total. The molecule has 0 saturated carbocycles. The van der Waals surface area contributed by atoms with E-state index in [1.54, 1.807) is 0 Å². The van der Waals surface area contributed by atoms with Crippen molar-refractivity contribution in [3.05, 3.63) is 33.3 Å². The summed E-state index contributed by atoms with van der Waals surface area (Å²) in [6.07, 6.45) is 0. The highest BCUT2D eigenvalue weighted by Crippen LogP contribution is 2.40. The van der Waals surface area contributed by atoms with Crippen molar-refractivity contribution in [3.8, 4) is 0 Å². The van der Waals surface area contributed by atoms with Crippen LogP contribution in [0.5, 0.6) is 0 Å². The lowest BCUT2D eigenvalue weighted by Gasteiger charge is -2.19. The van der Waals surface area contributed by atoms with E-state index in [-0.39, 0.29) is 5.54 Å². The van der Waals surface area contributed by atoms with Gasteiger partial charge < -0.3 is 0 Å². The smallest absolute Gasteiger partial charge is 0.0809 e. The minimum atomic E-state index is 0.195. The van der Waals surface area contributed by atoms with Crippen molar-refractivity contribution < 1.29 is 0 Å². The summed E-state index contributed by atoms with van der Waals surface area (Å²) in [7, 11) is 0. The summed E-state index contributed by atoms with van der Waals surface area (Å²) in [5.41, 5.74) is 1.36. The zero-order valence-corrected chi connectivity index (χ0v) is 11.8. The maximum Gasteiger partial charge on any atom is 0.0809 e. The molecule has 1 heterocycles. The second-order valence-corrected chi connectivity index (χ2v) is 6.80. The van der Waals surface area contributed by atoms with Gasteiger partial charge in [-0.15, -0.1) is 11.8 Å². The molecule has 1 aromatic rings. The first-order chi connectivity index (χ1) is 6.98. The molecule has 0 spiro atoms. The molecule has 1 aromatic carbocycles. The fraction of sp³-hybridized carbons (Fsp3) is 0.455. The van der Waals surface area contributed by atoms with Crippen LogP contribution in [0.1, 0.15) is 24.8 Å². The maximum atomic E-state index is 6.20. The second kappa shape index (κ2) is 4.28. The molecule has 4 heteroatoms. The lowest BCUT2D eigenvalue weighted by molar-refractivity contribution is 0.452. The lowest BCUT2D eigenvalue weighted by Crippen LogP contribution is -2.35.